The normalized spacial score (nSPS) is 12.5. The lowest BCUT2D eigenvalue weighted by molar-refractivity contribution is -0.0500. The summed E-state index contributed by atoms with van der Waals surface area (Å²) in [6.07, 6.45) is 2.23. The summed E-state index contributed by atoms with van der Waals surface area (Å²) in [6.45, 7) is 1.42. The standard InChI is InChI=1S/C17H17F4N5O2S2/c1-3-9(2)30-26(10-4-11(6-22-5-10)27-17(20)21)8-13-23-7-12(29-13)15-24-25-16(28-15)14(18)19/h4-7,9,14,17H,3,8H2,1-2H3. The van der Waals surface area contributed by atoms with E-state index in [9.17, 15) is 17.6 Å². The molecule has 7 nitrogen and oxygen atoms in total. The molecule has 30 heavy (non-hydrogen) atoms. The molecule has 0 fully saturated rings. The summed E-state index contributed by atoms with van der Waals surface area (Å²) in [5.74, 6) is -0.845. The maximum atomic E-state index is 12.6. The first-order valence-electron chi connectivity index (χ1n) is 8.76. The van der Waals surface area contributed by atoms with Crippen molar-refractivity contribution >= 4 is 29.0 Å². The van der Waals surface area contributed by atoms with Crippen LogP contribution in [0.15, 0.2) is 29.1 Å². The molecule has 3 aromatic heterocycles. The first-order chi connectivity index (χ1) is 14.4. The Kier molecular flexibility index (Phi) is 7.48. The molecule has 0 saturated heterocycles. The maximum Gasteiger partial charge on any atom is 0.387 e. The number of hydrogen-bond acceptors (Lipinski definition) is 9. The van der Waals surface area contributed by atoms with Gasteiger partial charge in [-0.05, 0) is 18.4 Å². The van der Waals surface area contributed by atoms with Crippen LogP contribution in [0.5, 0.6) is 5.75 Å². The molecule has 1 unspecified atom stereocenters. The van der Waals surface area contributed by atoms with Crippen molar-refractivity contribution in [3.8, 4) is 16.5 Å². The zero-order valence-electron chi connectivity index (χ0n) is 15.8. The third-order valence-corrected chi connectivity index (χ3v) is 6.02. The summed E-state index contributed by atoms with van der Waals surface area (Å²) in [4.78, 5) is 8.71. The molecule has 0 saturated carbocycles. The zero-order valence-corrected chi connectivity index (χ0v) is 17.5. The first kappa shape index (κ1) is 22.3. The number of halogens is 4. The minimum absolute atomic E-state index is 0.0378. The van der Waals surface area contributed by atoms with E-state index < -0.39 is 18.9 Å². The van der Waals surface area contributed by atoms with Crippen molar-refractivity contribution < 1.29 is 26.7 Å². The third-order valence-electron chi connectivity index (χ3n) is 3.76. The number of hydrogen-bond donors (Lipinski definition) is 0. The Hall–Kier alpha value is -2.41. The van der Waals surface area contributed by atoms with E-state index in [4.69, 9.17) is 4.42 Å². The molecule has 13 heteroatoms. The van der Waals surface area contributed by atoms with E-state index in [0.29, 0.717) is 22.1 Å². The average molecular weight is 463 g/mol. The minimum atomic E-state index is -2.95. The maximum absolute atomic E-state index is 12.6. The monoisotopic (exact) mass is 463 g/mol. The van der Waals surface area contributed by atoms with Crippen molar-refractivity contribution in [2.24, 2.45) is 0 Å². The molecular formula is C17H17F4N5O2S2. The Balaban J connectivity index is 1.81. The predicted octanol–water partition coefficient (Wildman–Crippen LogP) is 5.58. The van der Waals surface area contributed by atoms with Crippen LogP contribution in [0.4, 0.5) is 23.2 Å². The van der Waals surface area contributed by atoms with Crippen LogP contribution in [0.25, 0.3) is 10.8 Å². The molecule has 0 aliphatic heterocycles. The van der Waals surface area contributed by atoms with Crippen LogP contribution in [0.1, 0.15) is 37.6 Å². The second-order valence-corrected chi connectivity index (χ2v) is 8.55. The van der Waals surface area contributed by atoms with Crippen molar-refractivity contribution in [3.05, 3.63) is 35.6 Å². The van der Waals surface area contributed by atoms with Gasteiger partial charge in [0.05, 0.1) is 30.8 Å². The second-order valence-electron chi connectivity index (χ2n) is 5.98. The summed E-state index contributed by atoms with van der Waals surface area (Å²) in [5.41, 5.74) is 0.563. The highest BCUT2D eigenvalue weighted by Gasteiger charge is 2.20. The van der Waals surface area contributed by atoms with E-state index in [-0.39, 0.29) is 16.9 Å². The Bertz CT molecular complexity index is 956. The number of thiazole rings is 1. The molecule has 3 aromatic rings. The van der Waals surface area contributed by atoms with Gasteiger partial charge >= 0.3 is 13.0 Å². The van der Waals surface area contributed by atoms with E-state index in [1.807, 2.05) is 18.2 Å². The highest BCUT2D eigenvalue weighted by Crippen LogP contribution is 2.34. The van der Waals surface area contributed by atoms with Gasteiger partial charge in [-0.15, -0.1) is 21.5 Å². The summed E-state index contributed by atoms with van der Waals surface area (Å²) < 4.78 is 61.6. The first-order valence-corrected chi connectivity index (χ1v) is 10.4. The van der Waals surface area contributed by atoms with Crippen molar-refractivity contribution in [1.29, 1.82) is 0 Å². The summed E-state index contributed by atoms with van der Waals surface area (Å²) in [7, 11) is 0. The van der Waals surface area contributed by atoms with Gasteiger partial charge in [0.2, 0.25) is 0 Å². The van der Waals surface area contributed by atoms with E-state index in [2.05, 4.69) is 24.9 Å². The molecular weight excluding hydrogens is 446 g/mol. The number of alkyl halides is 4. The zero-order chi connectivity index (χ0) is 21.7. The van der Waals surface area contributed by atoms with Crippen molar-refractivity contribution in [1.82, 2.24) is 20.2 Å². The molecule has 0 aliphatic rings. The van der Waals surface area contributed by atoms with Gasteiger partial charge in [0.25, 0.3) is 11.8 Å². The number of ether oxygens (including phenoxy) is 1. The number of anilines is 1. The summed E-state index contributed by atoms with van der Waals surface area (Å²) >= 11 is 2.70. The van der Waals surface area contributed by atoms with Crippen molar-refractivity contribution in [2.45, 2.75) is 45.1 Å². The van der Waals surface area contributed by atoms with Gasteiger partial charge in [0.1, 0.15) is 15.6 Å². The van der Waals surface area contributed by atoms with Gasteiger partial charge in [-0.25, -0.2) is 4.98 Å². The quantitative estimate of drug-likeness (QED) is 0.285. The van der Waals surface area contributed by atoms with Gasteiger partial charge in [-0.1, -0.05) is 13.8 Å². The molecule has 0 aromatic carbocycles. The van der Waals surface area contributed by atoms with Crippen LogP contribution in [0.2, 0.25) is 0 Å². The lowest BCUT2D eigenvalue weighted by atomic mass is 10.4. The van der Waals surface area contributed by atoms with Crippen LogP contribution in [-0.2, 0) is 6.54 Å². The van der Waals surface area contributed by atoms with Crippen LogP contribution in [0, 0.1) is 0 Å². The van der Waals surface area contributed by atoms with Gasteiger partial charge in [-0.3, -0.25) is 4.98 Å². The predicted molar refractivity (Wildman–Crippen MR) is 105 cm³/mol. The van der Waals surface area contributed by atoms with E-state index in [0.717, 1.165) is 6.42 Å². The minimum Gasteiger partial charge on any atom is -0.433 e. The highest BCUT2D eigenvalue weighted by molar-refractivity contribution is 8.01. The number of nitrogens with zero attached hydrogens (tertiary/aromatic N) is 5. The van der Waals surface area contributed by atoms with Crippen LogP contribution < -0.4 is 9.04 Å². The largest absolute Gasteiger partial charge is 0.433 e. The topological polar surface area (TPSA) is 77.2 Å². The molecule has 3 rings (SSSR count). The fourth-order valence-corrected chi connectivity index (χ4v) is 4.13. The Morgan fingerprint density at radius 1 is 1.20 bits per heavy atom. The van der Waals surface area contributed by atoms with Crippen LogP contribution in [-0.4, -0.2) is 32.0 Å². The number of aromatic nitrogens is 4. The lowest BCUT2D eigenvalue weighted by Gasteiger charge is -2.25. The van der Waals surface area contributed by atoms with Crippen LogP contribution in [0.3, 0.4) is 0 Å². The Morgan fingerprint density at radius 3 is 2.67 bits per heavy atom. The molecule has 0 bridgehead atoms. The molecule has 0 N–H and O–H groups in total. The summed E-state index contributed by atoms with van der Waals surface area (Å²) in [6, 6.07) is 1.47. The smallest absolute Gasteiger partial charge is 0.387 e. The third kappa shape index (κ3) is 5.81. The molecule has 162 valence electrons. The highest BCUT2D eigenvalue weighted by atomic mass is 32.2. The SMILES string of the molecule is CCC(C)SN(Cc1ncc(-c2nnc(C(F)F)o2)s1)c1cncc(OC(F)F)c1. The van der Waals surface area contributed by atoms with Gasteiger partial charge in [-0.2, -0.15) is 17.6 Å². The summed E-state index contributed by atoms with van der Waals surface area (Å²) in [5, 5.41) is 7.79. The van der Waals surface area contributed by atoms with Crippen LogP contribution >= 0.6 is 23.3 Å². The van der Waals surface area contributed by atoms with Gasteiger partial charge in [0.15, 0.2) is 0 Å². The fourth-order valence-electron chi connectivity index (χ4n) is 2.22. The van der Waals surface area contributed by atoms with E-state index in [1.165, 1.54) is 47.9 Å². The molecule has 0 radical (unpaired) electrons. The number of pyridine rings is 1. The Morgan fingerprint density at radius 2 is 2.00 bits per heavy atom. The average Bonchev–Trinajstić information content (AvgIpc) is 3.36. The fraction of sp³-hybridized carbons (Fsp3) is 0.412. The molecule has 0 aliphatic carbocycles. The molecule has 1 atom stereocenters. The van der Waals surface area contributed by atoms with E-state index >= 15 is 0 Å². The number of rotatable bonds is 10. The molecule has 3 heterocycles. The van der Waals surface area contributed by atoms with Crippen molar-refractivity contribution in [3.63, 3.8) is 0 Å². The van der Waals surface area contributed by atoms with Gasteiger partial charge in [0, 0.05) is 11.3 Å². The Labute approximate surface area is 177 Å². The molecule has 0 spiro atoms. The van der Waals surface area contributed by atoms with E-state index in [1.54, 1.807) is 0 Å². The van der Waals surface area contributed by atoms with Gasteiger partial charge < -0.3 is 13.5 Å². The lowest BCUT2D eigenvalue weighted by Crippen LogP contribution is -2.18. The molecule has 0 amide bonds. The van der Waals surface area contributed by atoms with Crippen molar-refractivity contribution in [2.75, 3.05) is 4.31 Å². The second kappa shape index (κ2) is 10.1.